The summed E-state index contributed by atoms with van der Waals surface area (Å²) in [7, 11) is 0. The van der Waals surface area contributed by atoms with E-state index in [9.17, 15) is 22.8 Å². The van der Waals surface area contributed by atoms with Crippen LogP contribution in [0.4, 0.5) is 13.2 Å². The van der Waals surface area contributed by atoms with E-state index < -0.39 is 30.0 Å². The molecule has 7 nitrogen and oxygen atoms in total. The van der Waals surface area contributed by atoms with E-state index in [1.165, 1.54) is 12.1 Å². The van der Waals surface area contributed by atoms with Gasteiger partial charge in [0, 0.05) is 17.0 Å². The van der Waals surface area contributed by atoms with Crippen LogP contribution in [0.25, 0.3) is 0 Å². The first kappa shape index (κ1) is 20.1. The van der Waals surface area contributed by atoms with Gasteiger partial charge in [0.25, 0.3) is 5.91 Å². The highest BCUT2D eigenvalue weighted by Gasteiger charge is 2.38. The number of alkyl halides is 3. The number of hydrogen-bond acceptors (Lipinski definition) is 6. The average Bonchev–Trinajstić information content (AvgIpc) is 2.45. The number of rotatable bonds is 4. The van der Waals surface area contributed by atoms with Crippen LogP contribution in [0.1, 0.15) is 16.8 Å². The molecule has 1 atom stereocenters. The van der Waals surface area contributed by atoms with E-state index in [4.69, 9.17) is 10.3 Å². The minimum absolute atomic E-state index is 0.0389. The number of ether oxygens (including phenoxy) is 1. The van der Waals surface area contributed by atoms with Gasteiger partial charge in [0.05, 0.1) is 0 Å². The largest absolute Gasteiger partial charge is 0.573 e. The van der Waals surface area contributed by atoms with Crippen molar-refractivity contribution in [3.8, 4) is 5.75 Å². The van der Waals surface area contributed by atoms with Gasteiger partial charge in [-0.2, -0.15) is 0 Å². The van der Waals surface area contributed by atoms with Crippen molar-refractivity contribution in [1.29, 1.82) is 0 Å². The lowest BCUT2D eigenvalue weighted by molar-refractivity contribution is -0.275. The second-order valence-corrected chi connectivity index (χ2v) is 5.40. The topological polar surface area (TPSA) is 113 Å². The van der Waals surface area contributed by atoms with Gasteiger partial charge >= 0.3 is 12.3 Å². The van der Waals surface area contributed by atoms with Gasteiger partial charge in [0.1, 0.15) is 11.8 Å². The van der Waals surface area contributed by atoms with Crippen LogP contribution >= 0.6 is 11.8 Å². The summed E-state index contributed by atoms with van der Waals surface area (Å²) < 4.78 is 41.1. The normalized spacial score (nSPS) is 16.6. The van der Waals surface area contributed by atoms with Gasteiger partial charge in [-0.05, 0) is 30.9 Å². The Morgan fingerprint density at radius 1 is 1.38 bits per heavy atom. The van der Waals surface area contributed by atoms with Crippen molar-refractivity contribution in [2.24, 2.45) is 5.90 Å². The number of carboxylic acid groups (broad SMARTS) is 1. The van der Waals surface area contributed by atoms with Gasteiger partial charge in [-0.25, -0.2) is 10.7 Å². The Kier molecular flexibility index (Phi) is 6.87. The van der Waals surface area contributed by atoms with Crippen molar-refractivity contribution in [1.82, 2.24) is 4.90 Å². The molecule has 1 fully saturated rings. The number of carboxylic acids is 1. The van der Waals surface area contributed by atoms with E-state index in [0.717, 1.165) is 22.7 Å². The van der Waals surface area contributed by atoms with Crippen molar-refractivity contribution in [3.05, 3.63) is 23.8 Å². The van der Waals surface area contributed by atoms with Crippen LogP contribution in [-0.2, 0) is 4.79 Å². The molecule has 1 saturated heterocycles. The van der Waals surface area contributed by atoms with Crippen LogP contribution in [0.2, 0.25) is 0 Å². The number of carbonyl (C=O) groups is 2. The molecule has 1 heterocycles. The fourth-order valence-corrected chi connectivity index (χ4v) is 2.57. The Bertz CT molecular complexity index is 612. The first-order valence-electron chi connectivity index (χ1n) is 6.46. The number of nitrogens with two attached hydrogens (primary N) is 1. The highest BCUT2D eigenvalue weighted by atomic mass is 32.2. The number of halogens is 3. The summed E-state index contributed by atoms with van der Waals surface area (Å²) in [6, 6.07) is 2.75. The fraction of sp³-hybridized carbons (Fsp3) is 0.385. The summed E-state index contributed by atoms with van der Waals surface area (Å²) in [5.74, 6) is 1.27. The smallest absolute Gasteiger partial charge is 0.480 e. The number of nitrogens with zero attached hydrogens (tertiary/aromatic N) is 1. The van der Waals surface area contributed by atoms with Crippen molar-refractivity contribution in [2.45, 2.75) is 23.7 Å². The van der Waals surface area contributed by atoms with Crippen molar-refractivity contribution in [3.63, 3.8) is 0 Å². The summed E-state index contributed by atoms with van der Waals surface area (Å²) in [5, 5.41) is 15.4. The number of amides is 1. The van der Waals surface area contributed by atoms with Gasteiger partial charge in [0.15, 0.2) is 0 Å². The molecule has 0 spiro atoms. The van der Waals surface area contributed by atoms with Crippen LogP contribution in [0.15, 0.2) is 23.1 Å². The van der Waals surface area contributed by atoms with Gasteiger partial charge in [-0.1, -0.05) is 0 Å². The van der Waals surface area contributed by atoms with Crippen LogP contribution in [-0.4, -0.2) is 52.3 Å². The molecule has 24 heavy (non-hydrogen) atoms. The third kappa shape index (κ3) is 4.76. The maximum absolute atomic E-state index is 12.4. The number of thioether (sulfide) groups is 1. The van der Waals surface area contributed by atoms with Gasteiger partial charge in [0.2, 0.25) is 0 Å². The summed E-state index contributed by atoms with van der Waals surface area (Å²) in [6.07, 6.45) is -2.96. The Morgan fingerprint density at radius 2 is 2.00 bits per heavy atom. The molecule has 0 saturated carbocycles. The number of aliphatic carboxylic acids is 1. The van der Waals surface area contributed by atoms with Gasteiger partial charge < -0.3 is 20.0 Å². The summed E-state index contributed by atoms with van der Waals surface area (Å²) in [6.45, 7) is 0.259. The van der Waals surface area contributed by atoms with E-state index in [1.807, 2.05) is 0 Å². The zero-order valence-electron chi connectivity index (χ0n) is 12.4. The quantitative estimate of drug-likeness (QED) is 0.550. The monoisotopic (exact) mass is 368 g/mol. The molecule has 1 amide bonds. The van der Waals surface area contributed by atoms with Crippen molar-refractivity contribution in [2.75, 3.05) is 12.8 Å². The predicted octanol–water partition coefficient (Wildman–Crippen LogP) is 1.94. The summed E-state index contributed by atoms with van der Waals surface area (Å²) in [4.78, 5) is 24.4. The molecule has 1 aromatic rings. The fourth-order valence-electron chi connectivity index (χ4n) is 2.07. The molecule has 134 valence electrons. The third-order valence-electron chi connectivity index (χ3n) is 3.20. The average molecular weight is 368 g/mol. The molecule has 0 bridgehead atoms. The summed E-state index contributed by atoms with van der Waals surface area (Å²) >= 11 is 1.05. The van der Waals surface area contributed by atoms with Crippen LogP contribution in [0, 0.1) is 0 Å². The van der Waals surface area contributed by atoms with E-state index in [0.29, 0.717) is 6.42 Å². The second kappa shape index (κ2) is 8.22. The Morgan fingerprint density at radius 3 is 2.42 bits per heavy atom. The number of carbonyl (C=O) groups excluding carboxylic acids is 1. The molecule has 0 radical (unpaired) electrons. The SMILES string of the molecule is CSc1ccc(C(=O)N2CC[C@@H]2C(=O)O)cc1OC(F)(F)F.NO. The Labute approximate surface area is 139 Å². The third-order valence-corrected chi connectivity index (χ3v) is 3.98. The molecule has 11 heteroatoms. The molecule has 1 aliphatic heterocycles. The standard InChI is InChI=1S/C13H12F3NO4S.H3NO/c1-22-10-3-2-7(6-9(10)21-13(14,15)16)11(18)17-5-4-8(17)12(19)20;1-2/h2-3,6,8H,4-5H2,1H3,(H,19,20);2H,1H2/t8-;/m1./s1. The van der Waals surface area contributed by atoms with Crippen LogP contribution < -0.4 is 10.6 Å². The molecule has 1 aromatic carbocycles. The Hall–Kier alpha value is -1.98. The molecule has 4 N–H and O–H groups in total. The molecular formula is C13H15F3N2O5S. The number of benzene rings is 1. The first-order chi connectivity index (χ1) is 11.2. The number of likely N-dealkylation sites (tertiary alicyclic amines) is 1. The Balaban J connectivity index is 0.00000139. The molecule has 2 rings (SSSR count). The lowest BCUT2D eigenvalue weighted by Gasteiger charge is -2.38. The zero-order valence-corrected chi connectivity index (χ0v) is 13.2. The van der Waals surface area contributed by atoms with Crippen molar-refractivity contribution < 1.29 is 37.8 Å². The molecular weight excluding hydrogens is 353 g/mol. The first-order valence-corrected chi connectivity index (χ1v) is 7.69. The van der Waals surface area contributed by atoms with Gasteiger partial charge in [-0.15, -0.1) is 24.9 Å². The van der Waals surface area contributed by atoms with Crippen molar-refractivity contribution >= 4 is 23.6 Å². The number of hydrogen-bond donors (Lipinski definition) is 3. The lowest BCUT2D eigenvalue weighted by atomic mass is 10.0. The zero-order chi connectivity index (χ0) is 18.5. The minimum Gasteiger partial charge on any atom is -0.480 e. The molecule has 0 unspecified atom stereocenters. The molecule has 1 aliphatic rings. The van der Waals surface area contributed by atoms with E-state index in [1.54, 1.807) is 6.26 Å². The van der Waals surface area contributed by atoms with Crippen LogP contribution in [0.3, 0.4) is 0 Å². The second-order valence-electron chi connectivity index (χ2n) is 4.55. The minimum atomic E-state index is -4.87. The maximum atomic E-state index is 12.4. The van der Waals surface area contributed by atoms with Gasteiger partial charge in [-0.3, -0.25) is 4.79 Å². The van der Waals surface area contributed by atoms with E-state index in [2.05, 4.69) is 10.6 Å². The highest BCUT2D eigenvalue weighted by Crippen LogP contribution is 2.34. The van der Waals surface area contributed by atoms with E-state index >= 15 is 0 Å². The lowest BCUT2D eigenvalue weighted by Crippen LogP contribution is -2.55. The summed E-state index contributed by atoms with van der Waals surface area (Å²) in [5.41, 5.74) is -0.0389. The molecule has 0 aromatic heterocycles. The van der Waals surface area contributed by atoms with Crippen LogP contribution in [0.5, 0.6) is 5.75 Å². The van der Waals surface area contributed by atoms with E-state index in [-0.39, 0.29) is 17.0 Å². The predicted molar refractivity (Wildman–Crippen MR) is 78.0 cm³/mol. The molecule has 0 aliphatic carbocycles. The maximum Gasteiger partial charge on any atom is 0.573 e. The highest BCUT2D eigenvalue weighted by molar-refractivity contribution is 7.98.